The first kappa shape index (κ1) is 14.9. The molecule has 1 aliphatic carbocycles. The fraction of sp³-hybridized carbons (Fsp3) is 0.600. The second-order valence-corrected chi connectivity index (χ2v) is 6.63. The number of halogens is 2. The van der Waals surface area contributed by atoms with E-state index < -0.39 is 0 Å². The van der Waals surface area contributed by atoms with E-state index in [4.69, 9.17) is 0 Å². The van der Waals surface area contributed by atoms with Crippen molar-refractivity contribution in [2.75, 3.05) is 6.61 Å². The Morgan fingerprint density at radius 3 is 2.74 bits per heavy atom. The summed E-state index contributed by atoms with van der Waals surface area (Å²) in [6.45, 7) is 2.82. The minimum atomic E-state index is -0.235. The van der Waals surface area contributed by atoms with Gasteiger partial charge < -0.3 is 10.4 Å². The number of aliphatic hydroxyl groups is 1. The molecule has 1 aromatic carbocycles. The Labute approximate surface area is 122 Å². The van der Waals surface area contributed by atoms with Gasteiger partial charge in [0.2, 0.25) is 0 Å². The molecular formula is C15H21BrFNO. The van der Waals surface area contributed by atoms with Crippen LogP contribution in [0.1, 0.15) is 38.2 Å². The van der Waals surface area contributed by atoms with Crippen LogP contribution < -0.4 is 5.32 Å². The minimum absolute atomic E-state index is 0.120. The standard InChI is InChI=1S/C15H21BrFNO/c1-11-4-6-15(10-19,7-5-11)18-9-12-8-13(16)2-3-14(12)17/h2-3,8,11,18-19H,4-7,9-10H2,1H3. The Balaban J connectivity index is 2.01. The number of benzene rings is 1. The Morgan fingerprint density at radius 1 is 1.42 bits per heavy atom. The molecule has 0 heterocycles. The van der Waals surface area contributed by atoms with Crippen LogP contribution in [-0.2, 0) is 6.54 Å². The zero-order valence-corrected chi connectivity index (χ0v) is 12.8. The SMILES string of the molecule is CC1CCC(CO)(NCc2cc(Br)ccc2F)CC1. The molecule has 1 aromatic rings. The largest absolute Gasteiger partial charge is 0.394 e. The summed E-state index contributed by atoms with van der Waals surface area (Å²) >= 11 is 3.36. The van der Waals surface area contributed by atoms with Gasteiger partial charge >= 0.3 is 0 Å². The highest BCUT2D eigenvalue weighted by atomic mass is 79.9. The lowest BCUT2D eigenvalue weighted by atomic mass is 9.77. The average molecular weight is 330 g/mol. The lowest BCUT2D eigenvalue weighted by Gasteiger charge is -2.39. The van der Waals surface area contributed by atoms with Crippen LogP contribution in [0.5, 0.6) is 0 Å². The highest BCUT2D eigenvalue weighted by Gasteiger charge is 2.33. The molecule has 2 nitrogen and oxygen atoms in total. The smallest absolute Gasteiger partial charge is 0.127 e. The monoisotopic (exact) mass is 329 g/mol. The van der Waals surface area contributed by atoms with E-state index in [-0.39, 0.29) is 18.0 Å². The average Bonchev–Trinajstić information content (AvgIpc) is 2.42. The highest BCUT2D eigenvalue weighted by Crippen LogP contribution is 2.32. The van der Waals surface area contributed by atoms with Gasteiger partial charge in [0.05, 0.1) is 6.61 Å². The van der Waals surface area contributed by atoms with Crippen LogP contribution in [0, 0.1) is 11.7 Å². The molecule has 1 aliphatic rings. The molecule has 1 fully saturated rings. The van der Waals surface area contributed by atoms with Crippen LogP contribution in [0.4, 0.5) is 4.39 Å². The number of hydrogen-bond acceptors (Lipinski definition) is 2. The third kappa shape index (κ3) is 3.77. The maximum Gasteiger partial charge on any atom is 0.127 e. The fourth-order valence-electron chi connectivity index (χ4n) is 2.67. The number of rotatable bonds is 4. The molecule has 0 aliphatic heterocycles. The summed E-state index contributed by atoms with van der Waals surface area (Å²) in [6, 6.07) is 4.96. The second kappa shape index (κ2) is 6.33. The van der Waals surface area contributed by atoms with Gasteiger partial charge in [-0.1, -0.05) is 22.9 Å². The van der Waals surface area contributed by atoms with Gasteiger partial charge in [0.15, 0.2) is 0 Å². The van der Waals surface area contributed by atoms with Crippen molar-refractivity contribution in [3.8, 4) is 0 Å². The van der Waals surface area contributed by atoms with E-state index in [2.05, 4.69) is 28.2 Å². The fourth-order valence-corrected chi connectivity index (χ4v) is 3.08. The van der Waals surface area contributed by atoms with Crippen LogP contribution in [0.3, 0.4) is 0 Å². The molecule has 0 unspecified atom stereocenters. The first-order valence-electron chi connectivity index (χ1n) is 6.84. The predicted octanol–water partition coefficient (Wildman–Crippen LogP) is 3.62. The summed E-state index contributed by atoms with van der Waals surface area (Å²) < 4.78 is 14.6. The summed E-state index contributed by atoms with van der Waals surface area (Å²) in [7, 11) is 0. The Morgan fingerprint density at radius 2 is 2.11 bits per heavy atom. The lowest BCUT2D eigenvalue weighted by molar-refractivity contribution is 0.104. The predicted molar refractivity (Wildman–Crippen MR) is 78.4 cm³/mol. The molecule has 0 atom stereocenters. The van der Waals surface area contributed by atoms with E-state index in [0.717, 1.165) is 36.1 Å². The molecule has 0 radical (unpaired) electrons. The first-order valence-corrected chi connectivity index (χ1v) is 7.64. The molecule has 0 bridgehead atoms. The topological polar surface area (TPSA) is 32.3 Å². The molecule has 106 valence electrons. The van der Waals surface area contributed by atoms with E-state index in [1.54, 1.807) is 12.1 Å². The second-order valence-electron chi connectivity index (χ2n) is 5.71. The zero-order chi connectivity index (χ0) is 13.9. The van der Waals surface area contributed by atoms with E-state index in [9.17, 15) is 9.50 Å². The van der Waals surface area contributed by atoms with Gasteiger partial charge in [0.25, 0.3) is 0 Å². The van der Waals surface area contributed by atoms with E-state index in [1.165, 1.54) is 6.07 Å². The van der Waals surface area contributed by atoms with Crippen molar-refractivity contribution in [3.05, 3.63) is 34.1 Å². The van der Waals surface area contributed by atoms with Crippen molar-refractivity contribution < 1.29 is 9.50 Å². The van der Waals surface area contributed by atoms with Gasteiger partial charge in [-0.15, -0.1) is 0 Å². The van der Waals surface area contributed by atoms with Gasteiger partial charge in [-0.2, -0.15) is 0 Å². The molecule has 19 heavy (non-hydrogen) atoms. The third-order valence-corrected chi connectivity index (χ3v) is 4.69. The molecule has 0 aromatic heterocycles. The molecule has 2 N–H and O–H groups in total. The maximum atomic E-state index is 13.7. The Bertz CT molecular complexity index is 430. The van der Waals surface area contributed by atoms with Gasteiger partial charge in [0, 0.05) is 22.1 Å². The summed E-state index contributed by atoms with van der Waals surface area (Å²) in [6.07, 6.45) is 4.16. The summed E-state index contributed by atoms with van der Waals surface area (Å²) in [5.74, 6) is 0.525. The third-order valence-electron chi connectivity index (χ3n) is 4.20. The normalized spacial score (nSPS) is 27.5. The molecular weight excluding hydrogens is 309 g/mol. The van der Waals surface area contributed by atoms with Crippen LogP contribution in [0.2, 0.25) is 0 Å². The minimum Gasteiger partial charge on any atom is -0.394 e. The Kier molecular flexibility index (Phi) is 4.98. The van der Waals surface area contributed by atoms with Crippen LogP contribution >= 0.6 is 15.9 Å². The lowest BCUT2D eigenvalue weighted by Crippen LogP contribution is -2.50. The van der Waals surface area contributed by atoms with Gasteiger partial charge in [-0.3, -0.25) is 0 Å². The van der Waals surface area contributed by atoms with Gasteiger partial charge in [-0.25, -0.2) is 4.39 Å². The molecule has 1 saturated carbocycles. The van der Waals surface area contributed by atoms with Crippen LogP contribution in [0.25, 0.3) is 0 Å². The molecule has 0 spiro atoms. The first-order chi connectivity index (χ1) is 9.04. The molecule has 0 amide bonds. The Hall–Kier alpha value is -0.450. The van der Waals surface area contributed by atoms with Crippen molar-refractivity contribution in [2.24, 2.45) is 5.92 Å². The maximum absolute atomic E-state index is 13.7. The van der Waals surface area contributed by atoms with E-state index >= 15 is 0 Å². The van der Waals surface area contributed by atoms with Crippen molar-refractivity contribution in [1.82, 2.24) is 5.32 Å². The van der Waals surface area contributed by atoms with E-state index in [0.29, 0.717) is 12.1 Å². The van der Waals surface area contributed by atoms with Crippen molar-refractivity contribution in [3.63, 3.8) is 0 Å². The highest BCUT2D eigenvalue weighted by molar-refractivity contribution is 9.10. The zero-order valence-electron chi connectivity index (χ0n) is 11.3. The van der Waals surface area contributed by atoms with E-state index in [1.807, 2.05) is 0 Å². The van der Waals surface area contributed by atoms with Crippen molar-refractivity contribution >= 4 is 15.9 Å². The van der Waals surface area contributed by atoms with Gasteiger partial charge in [-0.05, 0) is 49.8 Å². The van der Waals surface area contributed by atoms with Crippen molar-refractivity contribution in [1.29, 1.82) is 0 Å². The quantitative estimate of drug-likeness (QED) is 0.884. The summed E-state index contributed by atoms with van der Waals surface area (Å²) in [5.41, 5.74) is 0.405. The molecule has 0 saturated heterocycles. The number of aliphatic hydroxyl groups excluding tert-OH is 1. The summed E-state index contributed by atoms with van der Waals surface area (Å²) in [5, 5.41) is 13.0. The molecule has 4 heteroatoms. The number of hydrogen-bond donors (Lipinski definition) is 2. The van der Waals surface area contributed by atoms with Crippen LogP contribution in [0.15, 0.2) is 22.7 Å². The van der Waals surface area contributed by atoms with Crippen LogP contribution in [-0.4, -0.2) is 17.3 Å². The number of nitrogens with one attached hydrogen (secondary N) is 1. The van der Waals surface area contributed by atoms with Crippen molar-refractivity contribution in [2.45, 2.75) is 44.7 Å². The summed E-state index contributed by atoms with van der Waals surface area (Å²) in [4.78, 5) is 0. The van der Waals surface area contributed by atoms with Gasteiger partial charge in [0.1, 0.15) is 5.82 Å². The molecule has 2 rings (SSSR count).